The Morgan fingerprint density at radius 1 is 1.31 bits per heavy atom. The highest BCUT2D eigenvalue weighted by atomic mass is 16.5. The molecule has 1 aliphatic heterocycles. The number of ether oxygens (including phenoxy) is 1. The van der Waals surface area contributed by atoms with Gasteiger partial charge in [0.05, 0.1) is 30.8 Å². The third-order valence-corrected chi connectivity index (χ3v) is 5.37. The third kappa shape index (κ3) is 3.31. The maximum Gasteiger partial charge on any atom is 0.321 e. The van der Waals surface area contributed by atoms with Gasteiger partial charge in [0.1, 0.15) is 0 Å². The standard InChI is InChI=1S/C19H25N5O2/c1-14-10-15(2)24(22-14)17-5-4-16(11-20-17)21-18(25)23-8-9-26-13-19(12-23)6-3-7-19/h4-5,10-11H,3,6-9,12-13H2,1-2H3,(H,21,25). The summed E-state index contributed by atoms with van der Waals surface area (Å²) in [6.45, 7) is 6.73. The van der Waals surface area contributed by atoms with Crippen LogP contribution in [0.1, 0.15) is 30.7 Å². The molecule has 1 saturated carbocycles. The topological polar surface area (TPSA) is 72.3 Å². The number of aryl methyl sites for hydroxylation is 2. The van der Waals surface area contributed by atoms with Crippen LogP contribution >= 0.6 is 0 Å². The average molecular weight is 355 g/mol. The van der Waals surface area contributed by atoms with Crippen molar-refractivity contribution in [2.45, 2.75) is 33.1 Å². The van der Waals surface area contributed by atoms with Crippen molar-refractivity contribution in [3.05, 3.63) is 35.8 Å². The van der Waals surface area contributed by atoms with Crippen LogP contribution in [0.15, 0.2) is 24.4 Å². The van der Waals surface area contributed by atoms with E-state index < -0.39 is 0 Å². The Bertz CT molecular complexity index is 795. The average Bonchev–Trinajstić information content (AvgIpc) is 2.81. The number of amides is 2. The second-order valence-corrected chi connectivity index (χ2v) is 7.50. The fraction of sp³-hybridized carbons (Fsp3) is 0.526. The first-order chi connectivity index (χ1) is 12.5. The molecular weight excluding hydrogens is 330 g/mol. The van der Waals surface area contributed by atoms with Gasteiger partial charge in [-0.1, -0.05) is 6.42 Å². The first-order valence-corrected chi connectivity index (χ1v) is 9.18. The quantitative estimate of drug-likeness (QED) is 0.899. The first kappa shape index (κ1) is 17.0. The number of aromatic nitrogens is 3. The largest absolute Gasteiger partial charge is 0.379 e. The second kappa shape index (κ2) is 6.72. The van der Waals surface area contributed by atoms with Gasteiger partial charge >= 0.3 is 6.03 Å². The maximum absolute atomic E-state index is 12.7. The molecule has 2 aromatic heterocycles. The van der Waals surface area contributed by atoms with Crippen LogP contribution in [0.5, 0.6) is 0 Å². The molecule has 7 heteroatoms. The molecule has 0 unspecified atom stereocenters. The van der Waals surface area contributed by atoms with E-state index in [-0.39, 0.29) is 11.4 Å². The lowest BCUT2D eigenvalue weighted by Crippen LogP contribution is -2.46. The summed E-state index contributed by atoms with van der Waals surface area (Å²) in [7, 11) is 0. The lowest BCUT2D eigenvalue weighted by Gasteiger charge is -2.42. The number of nitrogens with zero attached hydrogens (tertiary/aromatic N) is 4. The summed E-state index contributed by atoms with van der Waals surface area (Å²) in [6, 6.07) is 5.66. The number of pyridine rings is 1. The highest BCUT2D eigenvalue weighted by Gasteiger charge is 2.41. The SMILES string of the molecule is Cc1cc(C)n(-c2ccc(NC(=O)N3CCOCC4(CCC4)C3)cn2)n1. The van der Waals surface area contributed by atoms with Gasteiger partial charge in [-0.05, 0) is 44.9 Å². The van der Waals surface area contributed by atoms with Crippen LogP contribution in [0, 0.1) is 19.3 Å². The number of hydrogen-bond acceptors (Lipinski definition) is 4. The maximum atomic E-state index is 12.7. The van der Waals surface area contributed by atoms with Crippen molar-refractivity contribution in [3.8, 4) is 5.82 Å². The van der Waals surface area contributed by atoms with Crippen LogP contribution in [0.4, 0.5) is 10.5 Å². The number of carbonyl (C=O) groups excluding carboxylic acids is 1. The molecule has 0 aromatic carbocycles. The van der Waals surface area contributed by atoms with Crippen molar-refractivity contribution in [1.29, 1.82) is 0 Å². The van der Waals surface area contributed by atoms with Gasteiger partial charge in [-0.3, -0.25) is 0 Å². The fourth-order valence-corrected chi connectivity index (χ4v) is 3.79. The Morgan fingerprint density at radius 3 is 2.77 bits per heavy atom. The van der Waals surface area contributed by atoms with E-state index in [1.54, 1.807) is 10.9 Å². The summed E-state index contributed by atoms with van der Waals surface area (Å²) < 4.78 is 7.52. The number of rotatable bonds is 2. The number of urea groups is 1. The van der Waals surface area contributed by atoms with Crippen LogP contribution in [0.3, 0.4) is 0 Å². The minimum atomic E-state index is -0.0811. The van der Waals surface area contributed by atoms with Crippen LogP contribution < -0.4 is 5.32 Å². The van der Waals surface area contributed by atoms with Crippen molar-refractivity contribution in [2.75, 3.05) is 31.6 Å². The predicted octanol–water partition coefficient (Wildman–Crippen LogP) is 2.92. The minimum Gasteiger partial charge on any atom is -0.379 e. The summed E-state index contributed by atoms with van der Waals surface area (Å²) in [5.74, 6) is 0.741. The highest BCUT2D eigenvalue weighted by Crippen LogP contribution is 2.42. The number of hydrogen-bond donors (Lipinski definition) is 1. The van der Waals surface area contributed by atoms with E-state index in [1.165, 1.54) is 6.42 Å². The van der Waals surface area contributed by atoms with Gasteiger partial charge in [0.25, 0.3) is 0 Å². The summed E-state index contributed by atoms with van der Waals surface area (Å²) >= 11 is 0. The van der Waals surface area contributed by atoms with Crippen LogP contribution in [-0.4, -0.2) is 52.0 Å². The molecule has 1 saturated heterocycles. The van der Waals surface area contributed by atoms with E-state index in [4.69, 9.17) is 4.74 Å². The number of anilines is 1. The molecule has 0 bridgehead atoms. The minimum absolute atomic E-state index is 0.0811. The van der Waals surface area contributed by atoms with Crippen LogP contribution in [0.25, 0.3) is 5.82 Å². The Hall–Kier alpha value is -2.41. The van der Waals surface area contributed by atoms with E-state index in [0.717, 1.165) is 43.2 Å². The highest BCUT2D eigenvalue weighted by molar-refractivity contribution is 5.89. The van der Waals surface area contributed by atoms with Crippen molar-refractivity contribution in [3.63, 3.8) is 0 Å². The van der Waals surface area contributed by atoms with Gasteiger partial charge in [-0.15, -0.1) is 0 Å². The van der Waals surface area contributed by atoms with E-state index in [0.29, 0.717) is 18.8 Å². The molecule has 0 atom stereocenters. The Balaban J connectivity index is 1.43. The van der Waals surface area contributed by atoms with Gasteiger partial charge in [0.2, 0.25) is 0 Å². The zero-order valence-electron chi connectivity index (χ0n) is 15.4. The number of nitrogens with one attached hydrogen (secondary N) is 1. The normalized spacial score (nSPS) is 19.1. The zero-order chi connectivity index (χ0) is 18.1. The van der Waals surface area contributed by atoms with Gasteiger partial charge < -0.3 is 15.0 Å². The third-order valence-electron chi connectivity index (χ3n) is 5.37. The molecule has 138 valence electrons. The number of carbonyl (C=O) groups is 1. The van der Waals surface area contributed by atoms with Crippen molar-refractivity contribution in [2.24, 2.45) is 5.41 Å². The lowest BCUT2D eigenvalue weighted by molar-refractivity contribution is 0.0130. The molecule has 3 heterocycles. The summed E-state index contributed by atoms with van der Waals surface area (Å²) in [5.41, 5.74) is 2.84. The van der Waals surface area contributed by atoms with E-state index in [2.05, 4.69) is 15.4 Å². The molecule has 2 amide bonds. The Labute approximate surface area is 153 Å². The second-order valence-electron chi connectivity index (χ2n) is 7.50. The van der Waals surface area contributed by atoms with Crippen LogP contribution in [-0.2, 0) is 4.74 Å². The van der Waals surface area contributed by atoms with Crippen molar-refractivity contribution < 1.29 is 9.53 Å². The summed E-state index contributed by atoms with van der Waals surface area (Å²) in [4.78, 5) is 19.0. The molecule has 2 fully saturated rings. The molecule has 1 N–H and O–H groups in total. The van der Waals surface area contributed by atoms with E-state index >= 15 is 0 Å². The molecule has 1 spiro atoms. The van der Waals surface area contributed by atoms with Gasteiger partial charge in [-0.2, -0.15) is 5.10 Å². The van der Waals surface area contributed by atoms with E-state index in [1.807, 2.05) is 36.9 Å². The lowest BCUT2D eigenvalue weighted by atomic mass is 9.69. The summed E-state index contributed by atoms with van der Waals surface area (Å²) in [6.07, 6.45) is 5.21. The molecule has 26 heavy (non-hydrogen) atoms. The van der Waals surface area contributed by atoms with Crippen molar-refractivity contribution >= 4 is 11.7 Å². The molecule has 2 aromatic rings. The molecule has 7 nitrogen and oxygen atoms in total. The van der Waals surface area contributed by atoms with Gasteiger partial charge in [0.15, 0.2) is 5.82 Å². The Morgan fingerprint density at radius 2 is 2.15 bits per heavy atom. The molecular formula is C19H25N5O2. The van der Waals surface area contributed by atoms with Gasteiger partial charge in [0, 0.05) is 24.2 Å². The first-order valence-electron chi connectivity index (χ1n) is 9.18. The van der Waals surface area contributed by atoms with Crippen LogP contribution in [0.2, 0.25) is 0 Å². The fourth-order valence-electron chi connectivity index (χ4n) is 3.79. The van der Waals surface area contributed by atoms with Crippen molar-refractivity contribution in [1.82, 2.24) is 19.7 Å². The smallest absolute Gasteiger partial charge is 0.321 e. The van der Waals surface area contributed by atoms with E-state index in [9.17, 15) is 4.79 Å². The zero-order valence-corrected chi connectivity index (χ0v) is 15.4. The van der Waals surface area contributed by atoms with Gasteiger partial charge in [-0.25, -0.2) is 14.5 Å². The molecule has 0 radical (unpaired) electrons. The molecule has 4 rings (SSSR count). The Kier molecular flexibility index (Phi) is 4.40. The predicted molar refractivity (Wildman–Crippen MR) is 98.5 cm³/mol. The monoisotopic (exact) mass is 355 g/mol. The molecule has 1 aliphatic carbocycles. The molecule has 2 aliphatic rings. The summed E-state index contributed by atoms with van der Waals surface area (Å²) in [5, 5.41) is 7.39.